The molecule has 30 heavy (non-hydrogen) atoms. The lowest BCUT2D eigenvalue weighted by atomic mass is 10.1. The maximum atomic E-state index is 12.6. The zero-order valence-corrected chi connectivity index (χ0v) is 20.6. The summed E-state index contributed by atoms with van der Waals surface area (Å²) in [6.07, 6.45) is -2.11. The number of halogens is 4. The van der Waals surface area contributed by atoms with Gasteiger partial charge in [0.25, 0.3) is 0 Å². The number of nitrogens with zero attached hydrogens (tertiary/aromatic N) is 3. The molecule has 0 bridgehead atoms. The molecule has 1 aromatic heterocycles. The molecule has 0 saturated heterocycles. The minimum Gasteiger partial charge on any atom is -0.378 e. The van der Waals surface area contributed by atoms with Crippen molar-refractivity contribution in [1.82, 2.24) is 15.6 Å². The lowest BCUT2D eigenvalue weighted by Crippen LogP contribution is -2.38. The summed E-state index contributed by atoms with van der Waals surface area (Å²) in [5.41, 5.74) is 1.62. The Kier molecular flexibility index (Phi) is 11.5. The van der Waals surface area contributed by atoms with Gasteiger partial charge in [-0.05, 0) is 37.5 Å². The Labute approximate surface area is 197 Å². The molecule has 0 spiro atoms. The number of aliphatic imine (C=N–C) groups is 1. The van der Waals surface area contributed by atoms with Gasteiger partial charge in [-0.3, -0.25) is 4.99 Å². The molecule has 2 N–H and O–H groups in total. The molecule has 0 fully saturated rings. The maximum Gasteiger partial charge on any atom is 0.434 e. The van der Waals surface area contributed by atoms with Gasteiger partial charge in [0.05, 0.1) is 5.01 Å². The second-order valence-corrected chi connectivity index (χ2v) is 7.67. The van der Waals surface area contributed by atoms with Gasteiger partial charge >= 0.3 is 6.18 Å². The molecule has 2 rings (SSSR count). The van der Waals surface area contributed by atoms with E-state index < -0.39 is 11.9 Å². The quantitative estimate of drug-likeness (QED) is 0.206. The third-order valence-corrected chi connectivity index (χ3v) is 5.07. The van der Waals surface area contributed by atoms with Crippen molar-refractivity contribution in [3.05, 3.63) is 45.9 Å². The first-order valence-corrected chi connectivity index (χ1v) is 10.5. The van der Waals surface area contributed by atoms with Crippen molar-refractivity contribution in [1.29, 1.82) is 0 Å². The highest BCUT2D eigenvalue weighted by atomic mass is 127. The first kappa shape index (κ1) is 26.5. The summed E-state index contributed by atoms with van der Waals surface area (Å²) >= 11 is 1.03. The van der Waals surface area contributed by atoms with Gasteiger partial charge in [-0.1, -0.05) is 12.1 Å². The highest BCUT2D eigenvalue weighted by Gasteiger charge is 2.33. The highest BCUT2D eigenvalue weighted by Crippen LogP contribution is 2.30. The van der Waals surface area contributed by atoms with Crippen LogP contribution in [0.15, 0.2) is 34.6 Å². The van der Waals surface area contributed by atoms with Crippen LogP contribution in [0, 0.1) is 0 Å². The van der Waals surface area contributed by atoms with E-state index in [2.05, 4.69) is 49.8 Å². The number of anilines is 1. The van der Waals surface area contributed by atoms with Crippen molar-refractivity contribution in [2.75, 3.05) is 38.6 Å². The van der Waals surface area contributed by atoms with E-state index in [0.717, 1.165) is 29.6 Å². The summed E-state index contributed by atoms with van der Waals surface area (Å²) in [6.45, 7) is 3.83. The molecule has 0 aliphatic carbocycles. The SMILES string of the molecule is CCNC(=NCCCc1ccc(N(C)C)cc1)NCCc1nc(C(F)(F)F)cs1.I. The van der Waals surface area contributed by atoms with Crippen LogP contribution in [0.2, 0.25) is 0 Å². The van der Waals surface area contributed by atoms with Crippen LogP contribution in [0.5, 0.6) is 0 Å². The normalized spacial score (nSPS) is 11.7. The number of aromatic nitrogens is 1. The van der Waals surface area contributed by atoms with Crippen LogP contribution in [0.1, 0.15) is 29.6 Å². The average molecular weight is 555 g/mol. The third kappa shape index (κ3) is 9.07. The summed E-state index contributed by atoms with van der Waals surface area (Å²) < 4.78 is 37.8. The maximum absolute atomic E-state index is 12.6. The van der Waals surface area contributed by atoms with E-state index in [9.17, 15) is 13.2 Å². The molecular formula is C20H29F3IN5S. The smallest absolute Gasteiger partial charge is 0.378 e. The molecule has 0 aliphatic rings. The molecular weight excluding hydrogens is 526 g/mol. The topological polar surface area (TPSA) is 52.6 Å². The molecule has 1 heterocycles. The molecule has 5 nitrogen and oxygen atoms in total. The number of benzene rings is 1. The summed E-state index contributed by atoms with van der Waals surface area (Å²) in [5, 5.41) is 7.82. The Morgan fingerprint density at radius 1 is 1.13 bits per heavy atom. The van der Waals surface area contributed by atoms with Crippen LogP contribution in [0.3, 0.4) is 0 Å². The van der Waals surface area contributed by atoms with Gasteiger partial charge in [0.2, 0.25) is 0 Å². The number of hydrogen-bond acceptors (Lipinski definition) is 4. The zero-order chi connectivity index (χ0) is 21.3. The summed E-state index contributed by atoms with van der Waals surface area (Å²) in [6, 6.07) is 8.47. The van der Waals surface area contributed by atoms with E-state index >= 15 is 0 Å². The number of thiazole rings is 1. The van der Waals surface area contributed by atoms with E-state index in [1.807, 2.05) is 21.0 Å². The second kappa shape index (κ2) is 13.0. The van der Waals surface area contributed by atoms with E-state index in [-0.39, 0.29) is 24.0 Å². The van der Waals surface area contributed by atoms with Crippen LogP contribution in [0.25, 0.3) is 0 Å². The van der Waals surface area contributed by atoms with Crippen molar-refractivity contribution in [2.45, 2.75) is 32.4 Å². The molecule has 0 radical (unpaired) electrons. The largest absolute Gasteiger partial charge is 0.434 e. The number of alkyl halides is 3. The summed E-state index contributed by atoms with van der Waals surface area (Å²) in [7, 11) is 4.03. The standard InChI is InChI=1S/C20H28F3N5S.HI/c1-4-24-19(26-13-11-18-27-17(14-29-18)20(21,22)23)25-12-5-6-15-7-9-16(10-8-15)28(2)3;/h7-10,14H,4-6,11-13H2,1-3H3,(H2,24,25,26);1H. The number of nitrogens with one attached hydrogen (secondary N) is 2. The lowest BCUT2D eigenvalue weighted by molar-refractivity contribution is -0.140. The fourth-order valence-corrected chi connectivity index (χ4v) is 3.43. The molecule has 10 heteroatoms. The van der Waals surface area contributed by atoms with E-state index in [0.29, 0.717) is 37.0 Å². The van der Waals surface area contributed by atoms with Gasteiger partial charge in [-0.2, -0.15) is 13.2 Å². The summed E-state index contributed by atoms with van der Waals surface area (Å²) in [5.74, 6) is 0.669. The molecule has 0 unspecified atom stereocenters. The number of rotatable bonds is 9. The number of guanidine groups is 1. The molecule has 0 atom stereocenters. The molecule has 168 valence electrons. The van der Waals surface area contributed by atoms with E-state index in [1.165, 1.54) is 11.3 Å². The minimum absolute atomic E-state index is 0. The predicted octanol–water partition coefficient (Wildman–Crippen LogP) is 4.58. The number of aryl methyl sites for hydroxylation is 1. The first-order valence-electron chi connectivity index (χ1n) is 9.59. The van der Waals surface area contributed by atoms with Crippen molar-refractivity contribution in [3.63, 3.8) is 0 Å². The lowest BCUT2D eigenvalue weighted by Gasteiger charge is -2.12. The van der Waals surface area contributed by atoms with Gasteiger partial charge in [0.15, 0.2) is 11.7 Å². The van der Waals surface area contributed by atoms with Crippen LogP contribution in [-0.2, 0) is 19.0 Å². The van der Waals surface area contributed by atoms with Crippen LogP contribution in [0.4, 0.5) is 18.9 Å². The van der Waals surface area contributed by atoms with Gasteiger partial charge in [0.1, 0.15) is 0 Å². The molecule has 2 aromatic rings. The minimum atomic E-state index is -4.38. The van der Waals surface area contributed by atoms with Gasteiger partial charge in [-0.15, -0.1) is 35.3 Å². The molecule has 0 amide bonds. The van der Waals surface area contributed by atoms with Gasteiger partial charge in [0, 0.05) is 51.2 Å². The van der Waals surface area contributed by atoms with Crippen molar-refractivity contribution in [3.8, 4) is 0 Å². The Hall–Kier alpha value is -1.56. The van der Waals surface area contributed by atoms with E-state index in [4.69, 9.17) is 0 Å². The van der Waals surface area contributed by atoms with Crippen molar-refractivity contribution >= 4 is 47.0 Å². The monoisotopic (exact) mass is 555 g/mol. The molecule has 0 aliphatic heterocycles. The fourth-order valence-electron chi connectivity index (χ4n) is 2.62. The average Bonchev–Trinajstić information content (AvgIpc) is 3.15. The van der Waals surface area contributed by atoms with Crippen molar-refractivity contribution < 1.29 is 13.2 Å². The summed E-state index contributed by atoms with van der Waals surface area (Å²) in [4.78, 5) is 10.2. The van der Waals surface area contributed by atoms with Gasteiger partial charge in [-0.25, -0.2) is 4.98 Å². The Balaban J connectivity index is 0.00000450. The van der Waals surface area contributed by atoms with Crippen LogP contribution >= 0.6 is 35.3 Å². The Morgan fingerprint density at radius 3 is 2.40 bits per heavy atom. The second-order valence-electron chi connectivity index (χ2n) is 6.73. The van der Waals surface area contributed by atoms with Crippen LogP contribution in [-0.4, -0.2) is 44.7 Å². The Morgan fingerprint density at radius 2 is 1.83 bits per heavy atom. The molecule has 0 saturated carbocycles. The third-order valence-electron chi connectivity index (χ3n) is 4.16. The van der Waals surface area contributed by atoms with E-state index in [1.54, 1.807) is 0 Å². The first-order chi connectivity index (χ1) is 13.8. The fraction of sp³-hybridized carbons (Fsp3) is 0.500. The predicted molar refractivity (Wildman–Crippen MR) is 129 cm³/mol. The van der Waals surface area contributed by atoms with Crippen LogP contribution < -0.4 is 15.5 Å². The Bertz CT molecular complexity index is 775. The van der Waals surface area contributed by atoms with Gasteiger partial charge < -0.3 is 15.5 Å². The highest BCUT2D eigenvalue weighted by molar-refractivity contribution is 14.0. The molecule has 1 aromatic carbocycles. The zero-order valence-electron chi connectivity index (χ0n) is 17.4. The number of hydrogen-bond donors (Lipinski definition) is 2. The van der Waals surface area contributed by atoms with Crippen molar-refractivity contribution in [2.24, 2.45) is 4.99 Å².